The Labute approximate surface area is 113 Å². The maximum atomic E-state index is 13.7. The molecule has 0 radical (unpaired) electrons. The van der Waals surface area contributed by atoms with Gasteiger partial charge in [-0.2, -0.15) is 0 Å². The lowest BCUT2D eigenvalue weighted by molar-refractivity contribution is 0.171. The van der Waals surface area contributed by atoms with E-state index in [1.165, 1.54) is 19.1 Å². The monoisotopic (exact) mass is 284 g/mol. The highest BCUT2D eigenvalue weighted by Gasteiger charge is 2.19. The summed E-state index contributed by atoms with van der Waals surface area (Å²) in [5, 5.41) is 9.90. The number of aliphatic hydroxyl groups excluding tert-OH is 1. The van der Waals surface area contributed by atoms with E-state index in [0.717, 1.165) is 12.1 Å². The van der Waals surface area contributed by atoms with Crippen molar-refractivity contribution >= 4 is 0 Å². The normalized spacial score (nSPS) is 12.5. The molecule has 1 unspecified atom stereocenters. The summed E-state index contributed by atoms with van der Waals surface area (Å²) in [6.07, 6.45) is -1.68. The Kier molecular flexibility index (Phi) is 4.09. The Morgan fingerprint density at radius 3 is 2.35 bits per heavy atom. The second-order valence-corrected chi connectivity index (χ2v) is 4.56. The molecule has 2 aromatic rings. The van der Waals surface area contributed by atoms with Crippen LogP contribution in [-0.2, 0) is 6.42 Å². The first kappa shape index (κ1) is 14.5. The average Bonchev–Trinajstić information content (AvgIpc) is 2.39. The standard InChI is InChI=1S/C15H12F4O/c1-8-2-5-11(15(19)14(8)18)13(20)6-9-3-4-10(16)7-12(9)17/h2-5,7,13,20H,6H2,1H3. The first-order valence-corrected chi connectivity index (χ1v) is 5.96. The van der Waals surface area contributed by atoms with Crippen LogP contribution in [0.5, 0.6) is 0 Å². The van der Waals surface area contributed by atoms with Crippen molar-refractivity contribution in [3.63, 3.8) is 0 Å². The van der Waals surface area contributed by atoms with Crippen molar-refractivity contribution in [1.82, 2.24) is 0 Å². The van der Waals surface area contributed by atoms with Crippen molar-refractivity contribution in [1.29, 1.82) is 0 Å². The minimum absolute atomic E-state index is 0.0271. The Morgan fingerprint density at radius 2 is 1.70 bits per heavy atom. The Balaban J connectivity index is 2.28. The first-order chi connectivity index (χ1) is 9.40. The fourth-order valence-corrected chi connectivity index (χ4v) is 1.92. The number of halogens is 4. The molecule has 0 amide bonds. The largest absolute Gasteiger partial charge is 0.388 e. The van der Waals surface area contributed by atoms with Crippen LogP contribution in [0.4, 0.5) is 17.6 Å². The highest BCUT2D eigenvalue weighted by molar-refractivity contribution is 5.29. The minimum Gasteiger partial charge on any atom is -0.388 e. The Morgan fingerprint density at radius 1 is 1.00 bits per heavy atom. The van der Waals surface area contributed by atoms with Crippen LogP contribution < -0.4 is 0 Å². The predicted octanol–water partition coefficient (Wildman–Crippen LogP) is 3.83. The quantitative estimate of drug-likeness (QED) is 0.849. The zero-order valence-electron chi connectivity index (χ0n) is 10.6. The van der Waals surface area contributed by atoms with E-state index in [2.05, 4.69) is 0 Å². The van der Waals surface area contributed by atoms with Gasteiger partial charge in [-0.3, -0.25) is 0 Å². The van der Waals surface area contributed by atoms with E-state index >= 15 is 0 Å². The molecule has 0 saturated heterocycles. The van der Waals surface area contributed by atoms with Gasteiger partial charge in [-0.15, -0.1) is 0 Å². The van der Waals surface area contributed by atoms with Gasteiger partial charge in [-0.1, -0.05) is 18.2 Å². The summed E-state index contributed by atoms with van der Waals surface area (Å²) in [5.74, 6) is -3.77. The summed E-state index contributed by atoms with van der Waals surface area (Å²) in [5.41, 5.74) is -0.109. The molecular weight excluding hydrogens is 272 g/mol. The van der Waals surface area contributed by atoms with Gasteiger partial charge >= 0.3 is 0 Å². The maximum absolute atomic E-state index is 13.7. The Hall–Kier alpha value is -1.88. The molecule has 2 rings (SSSR count). The highest BCUT2D eigenvalue weighted by atomic mass is 19.2. The predicted molar refractivity (Wildman–Crippen MR) is 66.1 cm³/mol. The van der Waals surface area contributed by atoms with Gasteiger partial charge in [0.15, 0.2) is 11.6 Å². The minimum atomic E-state index is -1.41. The number of aryl methyl sites for hydroxylation is 1. The van der Waals surface area contributed by atoms with Crippen LogP contribution >= 0.6 is 0 Å². The van der Waals surface area contributed by atoms with E-state index < -0.39 is 29.4 Å². The molecule has 2 aromatic carbocycles. The van der Waals surface area contributed by atoms with Crippen LogP contribution in [0.3, 0.4) is 0 Å². The molecule has 0 saturated carbocycles. The van der Waals surface area contributed by atoms with Crippen LogP contribution in [0.2, 0.25) is 0 Å². The highest BCUT2D eigenvalue weighted by Crippen LogP contribution is 2.25. The topological polar surface area (TPSA) is 20.2 Å². The van der Waals surface area contributed by atoms with E-state index in [0.29, 0.717) is 6.07 Å². The van der Waals surface area contributed by atoms with Gasteiger partial charge in [0.05, 0.1) is 6.10 Å². The third-order valence-corrected chi connectivity index (χ3v) is 3.09. The zero-order chi connectivity index (χ0) is 14.9. The summed E-state index contributed by atoms with van der Waals surface area (Å²) < 4.78 is 53.3. The smallest absolute Gasteiger partial charge is 0.164 e. The SMILES string of the molecule is Cc1ccc(C(O)Cc2ccc(F)cc2F)c(F)c1F. The molecule has 1 N–H and O–H groups in total. The molecular formula is C15H12F4O. The molecule has 0 aromatic heterocycles. The van der Waals surface area contributed by atoms with E-state index in [1.807, 2.05) is 0 Å². The molecule has 0 bridgehead atoms. The molecule has 0 spiro atoms. The van der Waals surface area contributed by atoms with Crippen molar-refractivity contribution in [2.45, 2.75) is 19.4 Å². The van der Waals surface area contributed by atoms with E-state index in [4.69, 9.17) is 0 Å². The second kappa shape index (κ2) is 5.63. The first-order valence-electron chi connectivity index (χ1n) is 5.96. The zero-order valence-corrected chi connectivity index (χ0v) is 10.6. The van der Waals surface area contributed by atoms with Crippen molar-refractivity contribution < 1.29 is 22.7 Å². The second-order valence-electron chi connectivity index (χ2n) is 4.56. The molecule has 106 valence electrons. The van der Waals surface area contributed by atoms with E-state index in [1.54, 1.807) is 0 Å². The lowest BCUT2D eigenvalue weighted by Gasteiger charge is -2.14. The molecule has 0 heterocycles. The van der Waals surface area contributed by atoms with Crippen LogP contribution in [0, 0.1) is 30.2 Å². The lowest BCUT2D eigenvalue weighted by Crippen LogP contribution is -2.08. The van der Waals surface area contributed by atoms with Gasteiger partial charge in [0.2, 0.25) is 0 Å². The molecule has 1 nitrogen and oxygen atoms in total. The van der Waals surface area contributed by atoms with E-state index in [9.17, 15) is 22.7 Å². The summed E-state index contributed by atoms with van der Waals surface area (Å²) in [7, 11) is 0. The van der Waals surface area contributed by atoms with Gasteiger partial charge in [-0.25, -0.2) is 17.6 Å². The van der Waals surface area contributed by atoms with Gasteiger partial charge < -0.3 is 5.11 Å². The third-order valence-electron chi connectivity index (χ3n) is 3.09. The summed E-state index contributed by atoms with van der Waals surface area (Å²) >= 11 is 0. The summed E-state index contributed by atoms with van der Waals surface area (Å²) in [6.45, 7) is 1.40. The number of hydrogen-bond donors (Lipinski definition) is 1. The third kappa shape index (κ3) is 2.82. The fraction of sp³-hybridized carbons (Fsp3) is 0.200. The number of rotatable bonds is 3. The van der Waals surface area contributed by atoms with Gasteiger partial charge in [0.1, 0.15) is 11.6 Å². The number of benzene rings is 2. The van der Waals surface area contributed by atoms with E-state index in [-0.39, 0.29) is 23.1 Å². The molecule has 0 aliphatic rings. The van der Waals surface area contributed by atoms with Gasteiger partial charge in [0, 0.05) is 18.1 Å². The molecule has 0 fully saturated rings. The molecule has 1 atom stereocenters. The average molecular weight is 284 g/mol. The molecule has 0 aliphatic carbocycles. The maximum Gasteiger partial charge on any atom is 0.164 e. The van der Waals surface area contributed by atoms with Gasteiger partial charge in [-0.05, 0) is 24.1 Å². The number of hydrogen-bond acceptors (Lipinski definition) is 1. The molecule has 5 heteroatoms. The lowest BCUT2D eigenvalue weighted by atomic mass is 9.99. The van der Waals surface area contributed by atoms with Crippen molar-refractivity contribution in [2.75, 3.05) is 0 Å². The number of aliphatic hydroxyl groups is 1. The van der Waals surface area contributed by atoms with Crippen molar-refractivity contribution in [2.24, 2.45) is 0 Å². The fourth-order valence-electron chi connectivity index (χ4n) is 1.92. The van der Waals surface area contributed by atoms with Crippen LogP contribution in [0.1, 0.15) is 22.8 Å². The van der Waals surface area contributed by atoms with Gasteiger partial charge in [0.25, 0.3) is 0 Å². The van der Waals surface area contributed by atoms with Crippen LogP contribution in [-0.4, -0.2) is 5.11 Å². The molecule has 0 aliphatic heterocycles. The van der Waals surface area contributed by atoms with Crippen LogP contribution in [0.25, 0.3) is 0 Å². The Bertz CT molecular complexity index is 640. The van der Waals surface area contributed by atoms with Crippen molar-refractivity contribution in [3.8, 4) is 0 Å². The summed E-state index contributed by atoms with van der Waals surface area (Å²) in [4.78, 5) is 0. The molecule has 20 heavy (non-hydrogen) atoms. The van der Waals surface area contributed by atoms with Crippen LogP contribution in [0.15, 0.2) is 30.3 Å². The summed E-state index contributed by atoms with van der Waals surface area (Å²) in [6, 6.07) is 5.46. The van der Waals surface area contributed by atoms with Crippen molar-refractivity contribution in [3.05, 3.63) is 70.3 Å².